The van der Waals surface area contributed by atoms with E-state index in [1.807, 2.05) is 49.9 Å². The first-order valence-corrected chi connectivity index (χ1v) is 7.41. The summed E-state index contributed by atoms with van der Waals surface area (Å²) in [6.45, 7) is 7.23. The molecular weight excluding hydrogens is 280 g/mol. The summed E-state index contributed by atoms with van der Waals surface area (Å²) >= 11 is 0. The van der Waals surface area contributed by atoms with Crippen LogP contribution in [0.2, 0.25) is 0 Å². The maximum absolute atomic E-state index is 12.7. The van der Waals surface area contributed by atoms with E-state index in [1.165, 1.54) is 6.39 Å². The van der Waals surface area contributed by atoms with Gasteiger partial charge in [-0.25, -0.2) is 4.98 Å². The van der Waals surface area contributed by atoms with E-state index in [0.29, 0.717) is 24.4 Å². The number of amides is 1. The van der Waals surface area contributed by atoms with Gasteiger partial charge in [0, 0.05) is 24.2 Å². The lowest BCUT2D eigenvalue weighted by atomic mass is 10.0. The first kappa shape index (κ1) is 14.8. The van der Waals surface area contributed by atoms with E-state index in [0.717, 1.165) is 5.56 Å². The molecule has 0 aliphatic carbocycles. The van der Waals surface area contributed by atoms with Gasteiger partial charge in [0.15, 0.2) is 12.2 Å². The van der Waals surface area contributed by atoms with Crippen LogP contribution in [0.15, 0.2) is 41.3 Å². The van der Waals surface area contributed by atoms with E-state index in [4.69, 9.17) is 9.15 Å². The summed E-state index contributed by atoms with van der Waals surface area (Å²) in [6, 6.07) is 7.41. The van der Waals surface area contributed by atoms with Crippen LogP contribution in [0.1, 0.15) is 31.1 Å². The molecule has 1 aliphatic rings. The molecule has 116 valence electrons. The van der Waals surface area contributed by atoms with E-state index >= 15 is 0 Å². The second-order valence-corrected chi connectivity index (χ2v) is 6.32. The van der Waals surface area contributed by atoms with Crippen molar-refractivity contribution in [1.29, 1.82) is 0 Å². The third-order valence-electron chi connectivity index (χ3n) is 3.71. The Bertz CT molecular complexity index is 647. The zero-order chi connectivity index (χ0) is 15.7. The molecule has 1 fully saturated rings. The molecule has 1 aliphatic heterocycles. The number of oxazole rings is 1. The number of hydrogen-bond donors (Lipinski definition) is 0. The molecule has 1 aromatic carbocycles. The predicted octanol–water partition coefficient (Wildman–Crippen LogP) is 2.98. The molecule has 3 rings (SSSR count). The van der Waals surface area contributed by atoms with Gasteiger partial charge in [0.2, 0.25) is 0 Å². The van der Waals surface area contributed by atoms with Gasteiger partial charge < -0.3 is 14.1 Å². The SMILES string of the molecule is CC1CN(C(=O)c2ccc(-c3cnco3)cc2)CC(C)(C)O1. The Balaban J connectivity index is 1.77. The van der Waals surface area contributed by atoms with Crippen LogP contribution in [0.25, 0.3) is 11.3 Å². The maximum atomic E-state index is 12.7. The number of carbonyl (C=O) groups excluding carboxylic acids is 1. The zero-order valence-corrected chi connectivity index (χ0v) is 13.1. The topological polar surface area (TPSA) is 55.6 Å². The molecule has 0 radical (unpaired) electrons. The molecule has 0 bridgehead atoms. The quantitative estimate of drug-likeness (QED) is 0.855. The largest absolute Gasteiger partial charge is 0.444 e. The minimum absolute atomic E-state index is 0.0346. The molecule has 0 N–H and O–H groups in total. The molecule has 1 aromatic heterocycles. The molecule has 0 saturated carbocycles. The Kier molecular flexibility index (Phi) is 3.74. The number of morpholine rings is 1. The molecule has 5 nitrogen and oxygen atoms in total. The van der Waals surface area contributed by atoms with Crippen molar-refractivity contribution >= 4 is 5.91 Å². The van der Waals surface area contributed by atoms with Crippen LogP contribution < -0.4 is 0 Å². The lowest BCUT2D eigenvalue weighted by Crippen LogP contribution is -2.53. The number of carbonyl (C=O) groups is 1. The lowest BCUT2D eigenvalue weighted by molar-refractivity contribution is -0.118. The van der Waals surface area contributed by atoms with Crippen LogP contribution in [-0.2, 0) is 4.74 Å². The van der Waals surface area contributed by atoms with Crippen LogP contribution in [0.3, 0.4) is 0 Å². The number of aromatic nitrogens is 1. The highest BCUT2D eigenvalue weighted by Gasteiger charge is 2.33. The fraction of sp³-hybridized carbons (Fsp3) is 0.412. The maximum Gasteiger partial charge on any atom is 0.254 e. The van der Waals surface area contributed by atoms with Crippen molar-refractivity contribution in [2.45, 2.75) is 32.5 Å². The fourth-order valence-electron chi connectivity index (χ4n) is 2.93. The van der Waals surface area contributed by atoms with Gasteiger partial charge >= 0.3 is 0 Å². The molecular formula is C17H20N2O3. The van der Waals surface area contributed by atoms with Crippen molar-refractivity contribution in [3.63, 3.8) is 0 Å². The van der Waals surface area contributed by atoms with Crippen molar-refractivity contribution in [1.82, 2.24) is 9.88 Å². The van der Waals surface area contributed by atoms with Crippen LogP contribution in [0.4, 0.5) is 0 Å². The molecule has 2 aromatic rings. The summed E-state index contributed by atoms with van der Waals surface area (Å²) in [5.74, 6) is 0.729. The van der Waals surface area contributed by atoms with Crippen molar-refractivity contribution in [2.75, 3.05) is 13.1 Å². The Morgan fingerprint density at radius 3 is 2.64 bits per heavy atom. The van der Waals surface area contributed by atoms with Crippen molar-refractivity contribution in [3.8, 4) is 11.3 Å². The standard InChI is InChI=1S/C17H20N2O3/c1-12-9-19(10-17(2,3)22-12)16(20)14-6-4-13(5-7-14)15-8-18-11-21-15/h4-8,11-12H,9-10H2,1-3H3. The molecule has 1 unspecified atom stereocenters. The third kappa shape index (κ3) is 3.04. The number of rotatable bonds is 2. The lowest BCUT2D eigenvalue weighted by Gasteiger charge is -2.41. The second kappa shape index (κ2) is 5.57. The van der Waals surface area contributed by atoms with Gasteiger partial charge in [0.05, 0.1) is 17.9 Å². The Labute approximate surface area is 129 Å². The molecule has 1 saturated heterocycles. The average molecular weight is 300 g/mol. The van der Waals surface area contributed by atoms with E-state index in [9.17, 15) is 4.79 Å². The third-order valence-corrected chi connectivity index (χ3v) is 3.71. The van der Waals surface area contributed by atoms with Gasteiger partial charge in [-0.1, -0.05) is 12.1 Å². The second-order valence-electron chi connectivity index (χ2n) is 6.32. The molecule has 2 heterocycles. The van der Waals surface area contributed by atoms with E-state index in [-0.39, 0.29) is 17.6 Å². The predicted molar refractivity (Wildman–Crippen MR) is 82.5 cm³/mol. The van der Waals surface area contributed by atoms with Gasteiger partial charge in [0.1, 0.15) is 0 Å². The van der Waals surface area contributed by atoms with Crippen molar-refractivity contribution < 1.29 is 13.9 Å². The van der Waals surface area contributed by atoms with Crippen molar-refractivity contribution in [2.24, 2.45) is 0 Å². The van der Waals surface area contributed by atoms with E-state index < -0.39 is 0 Å². The normalized spacial score (nSPS) is 20.9. The molecule has 0 spiro atoms. The summed E-state index contributed by atoms with van der Waals surface area (Å²) < 4.78 is 11.1. The smallest absolute Gasteiger partial charge is 0.254 e. The Morgan fingerprint density at radius 2 is 2.05 bits per heavy atom. The fourth-order valence-corrected chi connectivity index (χ4v) is 2.93. The van der Waals surface area contributed by atoms with Crippen LogP contribution >= 0.6 is 0 Å². The van der Waals surface area contributed by atoms with Gasteiger partial charge in [-0.15, -0.1) is 0 Å². The first-order valence-electron chi connectivity index (χ1n) is 7.41. The molecule has 5 heteroatoms. The Hall–Kier alpha value is -2.14. The number of ether oxygens (including phenoxy) is 1. The highest BCUT2D eigenvalue weighted by molar-refractivity contribution is 5.94. The Morgan fingerprint density at radius 1 is 1.32 bits per heavy atom. The van der Waals surface area contributed by atoms with Crippen LogP contribution in [0.5, 0.6) is 0 Å². The van der Waals surface area contributed by atoms with E-state index in [1.54, 1.807) is 6.20 Å². The number of nitrogens with zero attached hydrogens (tertiary/aromatic N) is 2. The summed E-state index contributed by atoms with van der Waals surface area (Å²) in [4.78, 5) is 18.4. The molecule has 1 amide bonds. The summed E-state index contributed by atoms with van der Waals surface area (Å²) in [5, 5.41) is 0. The van der Waals surface area contributed by atoms with Crippen molar-refractivity contribution in [3.05, 3.63) is 42.4 Å². The summed E-state index contributed by atoms with van der Waals surface area (Å²) in [5.41, 5.74) is 1.27. The highest BCUT2D eigenvalue weighted by Crippen LogP contribution is 2.24. The van der Waals surface area contributed by atoms with Gasteiger partial charge in [-0.05, 0) is 32.9 Å². The number of benzene rings is 1. The van der Waals surface area contributed by atoms with Crippen LogP contribution in [-0.4, -0.2) is 40.6 Å². The highest BCUT2D eigenvalue weighted by atomic mass is 16.5. The minimum atomic E-state index is -0.312. The zero-order valence-electron chi connectivity index (χ0n) is 13.1. The van der Waals surface area contributed by atoms with Gasteiger partial charge in [0.25, 0.3) is 5.91 Å². The van der Waals surface area contributed by atoms with Crippen LogP contribution in [0, 0.1) is 0 Å². The summed E-state index contributed by atoms with van der Waals surface area (Å²) in [6.07, 6.45) is 3.09. The first-order chi connectivity index (χ1) is 10.4. The van der Waals surface area contributed by atoms with Gasteiger partial charge in [-0.3, -0.25) is 4.79 Å². The summed E-state index contributed by atoms with van der Waals surface area (Å²) in [7, 11) is 0. The minimum Gasteiger partial charge on any atom is -0.444 e. The monoisotopic (exact) mass is 300 g/mol. The molecule has 1 atom stereocenters. The average Bonchev–Trinajstić information content (AvgIpc) is 2.99. The van der Waals surface area contributed by atoms with Gasteiger partial charge in [-0.2, -0.15) is 0 Å². The molecule has 22 heavy (non-hydrogen) atoms. The number of hydrogen-bond acceptors (Lipinski definition) is 4. The van der Waals surface area contributed by atoms with E-state index in [2.05, 4.69) is 4.98 Å².